The van der Waals surface area contributed by atoms with Gasteiger partial charge in [0.1, 0.15) is 11.3 Å². The van der Waals surface area contributed by atoms with Crippen molar-refractivity contribution in [1.29, 1.82) is 0 Å². The molecule has 0 aliphatic carbocycles. The molecule has 8 heteroatoms. The molecule has 2 heterocycles. The molecule has 0 radical (unpaired) electrons. The minimum absolute atomic E-state index is 0.0856. The van der Waals surface area contributed by atoms with Crippen LogP contribution in [0.15, 0.2) is 36.5 Å². The van der Waals surface area contributed by atoms with Gasteiger partial charge in [-0.3, -0.25) is 19.3 Å². The number of hydrogen-bond acceptors (Lipinski definition) is 4. The summed E-state index contributed by atoms with van der Waals surface area (Å²) in [4.78, 5) is 27.4. The van der Waals surface area contributed by atoms with Gasteiger partial charge in [0, 0.05) is 29.4 Å². The van der Waals surface area contributed by atoms with Gasteiger partial charge in [0.25, 0.3) is 11.6 Å². The molecule has 0 unspecified atom stereocenters. The molecule has 122 valence electrons. The zero-order valence-corrected chi connectivity index (χ0v) is 13.7. The van der Waals surface area contributed by atoms with Gasteiger partial charge >= 0.3 is 0 Å². The van der Waals surface area contributed by atoms with E-state index in [1.807, 2.05) is 0 Å². The van der Waals surface area contributed by atoms with E-state index < -0.39 is 10.8 Å². The Morgan fingerprint density at radius 3 is 2.75 bits per heavy atom. The van der Waals surface area contributed by atoms with Crippen molar-refractivity contribution in [2.75, 3.05) is 5.32 Å². The van der Waals surface area contributed by atoms with Crippen LogP contribution in [-0.4, -0.2) is 20.2 Å². The van der Waals surface area contributed by atoms with Crippen LogP contribution in [0.5, 0.6) is 0 Å². The van der Waals surface area contributed by atoms with Crippen LogP contribution in [0, 0.1) is 24.0 Å². The van der Waals surface area contributed by atoms with Gasteiger partial charge in [0.2, 0.25) is 0 Å². The largest absolute Gasteiger partial charge is 0.320 e. The molecule has 24 heavy (non-hydrogen) atoms. The van der Waals surface area contributed by atoms with Crippen LogP contribution in [0.2, 0.25) is 5.02 Å². The molecule has 1 N–H and O–H groups in total. The Morgan fingerprint density at radius 1 is 1.29 bits per heavy atom. The zero-order chi connectivity index (χ0) is 17.4. The molecule has 3 rings (SSSR count). The van der Waals surface area contributed by atoms with Crippen molar-refractivity contribution in [3.05, 3.63) is 68.6 Å². The van der Waals surface area contributed by atoms with Crippen LogP contribution in [0.3, 0.4) is 0 Å². The number of nitro groups is 1. The molecule has 0 aliphatic rings. The number of fused-ring (bicyclic) bond motifs is 1. The number of nitrogens with zero attached hydrogens (tertiary/aromatic N) is 3. The number of nitro benzene ring substituents is 1. The highest BCUT2D eigenvalue weighted by Gasteiger charge is 2.18. The molecule has 0 aliphatic heterocycles. The first-order valence-electron chi connectivity index (χ1n) is 7.07. The van der Waals surface area contributed by atoms with E-state index in [9.17, 15) is 14.9 Å². The van der Waals surface area contributed by atoms with Gasteiger partial charge in [-0.25, -0.2) is 4.98 Å². The van der Waals surface area contributed by atoms with E-state index in [2.05, 4.69) is 10.3 Å². The van der Waals surface area contributed by atoms with Crippen molar-refractivity contribution in [2.24, 2.45) is 0 Å². The third-order valence-electron chi connectivity index (χ3n) is 3.66. The van der Waals surface area contributed by atoms with Gasteiger partial charge in [-0.2, -0.15) is 0 Å². The molecule has 0 saturated carbocycles. The van der Waals surface area contributed by atoms with Gasteiger partial charge in [-0.05, 0) is 25.5 Å². The fourth-order valence-electron chi connectivity index (χ4n) is 2.45. The third kappa shape index (κ3) is 2.81. The molecule has 7 nitrogen and oxygen atoms in total. The van der Waals surface area contributed by atoms with Crippen molar-refractivity contribution < 1.29 is 9.72 Å². The third-order valence-corrected chi connectivity index (χ3v) is 3.89. The quantitative estimate of drug-likeness (QED) is 0.578. The number of nitrogens with one attached hydrogen (secondary N) is 1. The minimum Gasteiger partial charge on any atom is -0.320 e. The number of pyridine rings is 1. The molecule has 0 spiro atoms. The van der Waals surface area contributed by atoms with E-state index in [1.54, 1.807) is 42.6 Å². The van der Waals surface area contributed by atoms with E-state index in [-0.39, 0.29) is 5.69 Å². The Balaban J connectivity index is 2.01. The number of carbonyl (C=O) groups is 1. The minimum atomic E-state index is -0.503. The summed E-state index contributed by atoms with van der Waals surface area (Å²) in [7, 11) is 0. The highest BCUT2D eigenvalue weighted by atomic mass is 35.5. The summed E-state index contributed by atoms with van der Waals surface area (Å²) >= 11 is 5.94. The molecule has 1 aromatic carbocycles. The molecule has 0 bridgehead atoms. The molecule has 1 amide bonds. The lowest BCUT2D eigenvalue weighted by molar-refractivity contribution is -0.384. The Kier molecular flexibility index (Phi) is 3.94. The topological polar surface area (TPSA) is 89.5 Å². The van der Waals surface area contributed by atoms with Gasteiger partial charge in [-0.1, -0.05) is 17.7 Å². The maximum Gasteiger partial charge on any atom is 0.274 e. The summed E-state index contributed by atoms with van der Waals surface area (Å²) in [5.74, 6) is -0.397. The van der Waals surface area contributed by atoms with Crippen LogP contribution in [0.1, 0.15) is 21.7 Å². The maximum atomic E-state index is 12.7. The Morgan fingerprint density at radius 2 is 2.04 bits per heavy atom. The van der Waals surface area contributed by atoms with E-state index in [1.165, 1.54) is 12.1 Å². The Hall–Kier alpha value is -2.93. The molecular weight excluding hydrogens is 332 g/mol. The summed E-state index contributed by atoms with van der Waals surface area (Å²) in [6, 6.07) is 7.64. The lowest BCUT2D eigenvalue weighted by Gasteiger charge is -2.09. The van der Waals surface area contributed by atoms with E-state index in [0.717, 1.165) is 5.56 Å². The van der Waals surface area contributed by atoms with Crippen LogP contribution in [0.25, 0.3) is 5.65 Å². The number of benzene rings is 1. The molecule has 3 aromatic rings. The van der Waals surface area contributed by atoms with Gasteiger partial charge in [0.05, 0.1) is 16.3 Å². The molecule has 0 atom stereocenters. The van der Waals surface area contributed by atoms with Gasteiger partial charge < -0.3 is 5.32 Å². The lowest BCUT2D eigenvalue weighted by atomic mass is 10.1. The second kappa shape index (κ2) is 5.93. The van der Waals surface area contributed by atoms with Crippen molar-refractivity contribution in [3.8, 4) is 0 Å². The Bertz CT molecular complexity index is 981. The number of hydrogen-bond donors (Lipinski definition) is 1. The van der Waals surface area contributed by atoms with Crippen molar-refractivity contribution >= 4 is 34.5 Å². The smallest absolute Gasteiger partial charge is 0.274 e. The number of anilines is 1. The fraction of sp³-hybridized carbons (Fsp3) is 0.125. The molecule has 0 fully saturated rings. The lowest BCUT2D eigenvalue weighted by Crippen LogP contribution is -2.16. The summed E-state index contributed by atoms with van der Waals surface area (Å²) in [5, 5.41) is 14.1. The summed E-state index contributed by atoms with van der Waals surface area (Å²) in [5.41, 5.74) is 2.48. The van der Waals surface area contributed by atoms with Crippen LogP contribution in [-0.2, 0) is 0 Å². The average molecular weight is 345 g/mol. The van der Waals surface area contributed by atoms with E-state index in [0.29, 0.717) is 27.7 Å². The number of halogens is 1. The van der Waals surface area contributed by atoms with Crippen LogP contribution >= 0.6 is 11.6 Å². The first kappa shape index (κ1) is 15.9. The summed E-state index contributed by atoms with van der Waals surface area (Å²) in [6.45, 7) is 3.48. The van der Waals surface area contributed by atoms with Crippen LogP contribution in [0.4, 0.5) is 11.4 Å². The predicted octanol–water partition coefficient (Wildman–Crippen LogP) is 3.77. The number of amides is 1. The number of aryl methyl sites for hydroxylation is 2. The van der Waals surface area contributed by atoms with Gasteiger partial charge in [-0.15, -0.1) is 0 Å². The second-order valence-electron chi connectivity index (χ2n) is 5.33. The predicted molar refractivity (Wildman–Crippen MR) is 90.7 cm³/mol. The highest BCUT2D eigenvalue weighted by Crippen LogP contribution is 2.23. The SMILES string of the molecule is Cc1ccc([N+](=O)[O-])cc1NC(=O)c1c(C)nc2cc(Cl)ccn12. The summed E-state index contributed by atoms with van der Waals surface area (Å²) in [6.07, 6.45) is 1.66. The monoisotopic (exact) mass is 344 g/mol. The van der Waals surface area contributed by atoms with Crippen molar-refractivity contribution in [3.63, 3.8) is 0 Å². The average Bonchev–Trinajstić information content (AvgIpc) is 2.84. The number of imidazole rings is 1. The maximum absolute atomic E-state index is 12.7. The molecule has 2 aromatic heterocycles. The molecule has 0 saturated heterocycles. The first-order chi connectivity index (χ1) is 11.4. The van der Waals surface area contributed by atoms with E-state index >= 15 is 0 Å². The first-order valence-corrected chi connectivity index (χ1v) is 7.45. The normalized spacial score (nSPS) is 10.8. The van der Waals surface area contributed by atoms with Crippen molar-refractivity contribution in [2.45, 2.75) is 13.8 Å². The number of non-ortho nitro benzene ring substituents is 1. The van der Waals surface area contributed by atoms with E-state index in [4.69, 9.17) is 11.6 Å². The second-order valence-corrected chi connectivity index (χ2v) is 5.77. The summed E-state index contributed by atoms with van der Waals surface area (Å²) < 4.78 is 1.63. The highest BCUT2D eigenvalue weighted by molar-refractivity contribution is 6.30. The molecular formula is C16H13ClN4O3. The number of carbonyl (C=O) groups excluding carboxylic acids is 1. The number of aromatic nitrogens is 2. The fourth-order valence-corrected chi connectivity index (χ4v) is 2.60. The Labute approximate surface area is 142 Å². The zero-order valence-electron chi connectivity index (χ0n) is 12.9. The number of rotatable bonds is 3. The van der Waals surface area contributed by atoms with Crippen LogP contribution < -0.4 is 5.32 Å². The standard InChI is InChI=1S/C16H13ClN4O3/c1-9-3-4-12(21(23)24)8-13(9)19-16(22)15-10(2)18-14-7-11(17)5-6-20(14)15/h3-8H,1-2H3,(H,19,22). The van der Waals surface area contributed by atoms with Crippen molar-refractivity contribution in [1.82, 2.24) is 9.38 Å². The van der Waals surface area contributed by atoms with Gasteiger partial charge in [0.15, 0.2) is 0 Å².